The molecule has 1 amide bonds. The summed E-state index contributed by atoms with van der Waals surface area (Å²) in [4.78, 5) is 40.0. The molecule has 0 aliphatic rings. The summed E-state index contributed by atoms with van der Waals surface area (Å²) in [6, 6.07) is -0.953. The van der Waals surface area contributed by atoms with Crippen LogP contribution in [0.15, 0.2) is 158 Å². The number of carbonyl (C=O) groups excluding carboxylic acids is 2. The molecule has 0 rings (SSSR count). The fourth-order valence-electron chi connectivity index (χ4n) is 8.13. The van der Waals surface area contributed by atoms with Crippen molar-refractivity contribution in [3.63, 3.8) is 0 Å². The number of hydrogen-bond acceptors (Lipinski definition) is 7. The van der Waals surface area contributed by atoms with Crippen LogP contribution in [-0.2, 0) is 27.9 Å². The molecule has 81 heavy (non-hydrogen) atoms. The Labute approximate surface area is 497 Å². The van der Waals surface area contributed by atoms with Crippen LogP contribution in [-0.4, -0.2) is 69.4 Å². The number of amides is 1. The van der Waals surface area contributed by atoms with Crippen LogP contribution >= 0.6 is 7.82 Å². The van der Waals surface area contributed by atoms with Gasteiger partial charge in [-0.15, -0.1) is 0 Å². The first kappa shape index (κ1) is 76.6. The molecule has 9 nitrogen and oxygen atoms in total. The summed E-state index contributed by atoms with van der Waals surface area (Å²) >= 11 is 0. The zero-order valence-electron chi connectivity index (χ0n) is 52.2. The van der Waals surface area contributed by atoms with Gasteiger partial charge in [-0.2, -0.15) is 0 Å². The number of hydrogen-bond donors (Lipinski definition) is 1. The van der Waals surface area contributed by atoms with Crippen LogP contribution in [0.1, 0.15) is 226 Å². The van der Waals surface area contributed by atoms with E-state index in [-0.39, 0.29) is 25.4 Å². The monoisotopic (exact) mass is 1140 g/mol. The number of nitrogens with zero attached hydrogens (tertiary/aromatic N) is 1. The molecule has 10 heteroatoms. The van der Waals surface area contributed by atoms with Crippen molar-refractivity contribution in [2.45, 2.75) is 238 Å². The molecule has 0 aromatic heterocycles. The first-order valence-electron chi connectivity index (χ1n) is 31.8. The summed E-state index contributed by atoms with van der Waals surface area (Å²) in [7, 11) is 1.10. The van der Waals surface area contributed by atoms with E-state index in [9.17, 15) is 19.0 Å². The second kappa shape index (κ2) is 58.8. The van der Waals surface area contributed by atoms with Crippen LogP contribution in [0.4, 0.5) is 0 Å². The number of phosphoric ester groups is 1. The summed E-state index contributed by atoms with van der Waals surface area (Å²) < 4.78 is 30.3. The first-order chi connectivity index (χ1) is 39.4. The highest BCUT2D eigenvalue weighted by Crippen LogP contribution is 2.38. The lowest BCUT2D eigenvalue weighted by Crippen LogP contribution is -2.47. The number of esters is 1. The Bertz CT molecular complexity index is 1940. The Morgan fingerprint density at radius 2 is 0.802 bits per heavy atom. The van der Waals surface area contributed by atoms with E-state index in [2.05, 4.69) is 160 Å². The maximum absolute atomic E-state index is 13.5. The molecule has 0 heterocycles. The van der Waals surface area contributed by atoms with Crippen LogP contribution in [0.5, 0.6) is 0 Å². The van der Waals surface area contributed by atoms with E-state index >= 15 is 0 Å². The number of likely N-dealkylation sites (N-methyl/N-ethyl adjacent to an activating group) is 1. The molecule has 458 valence electrons. The molecule has 3 atom stereocenters. The van der Waals surface area contributed by atoms with Crippen molar-refractivity contribution in [1.82, 2.24) is 5.32 Å². The van der Waals surface area contributed by atoms with Crippen LogP contribution in [0, 0.1) is 0 Å². The van der Waals surface area contributed by atoms with Crippen molar-refractivity contribution in [1.29, 1.82) is 0 Å². The third kappa shape index (κ3) is 60.1. The number of carbonyl (C=O) groups is 2. The van der Waals surface area contributed by atoms with Crippen molar-refractivity contribution in [3.05, 3.63) is 158 Å². The highest BCUT2D eigenvalue weighted by Gasteiger charge is 2.27. The molecule has 3 unspecified atom stereocenters. The van der Waals surface area contributed by atoms with Gasteiger partial charge in [-0.25, -0.2) is 0 Å². The Hall–Kier alpha value is -4.37. The van der Waals surface area contributed by atoms with Crippen LogP contribution in [0.2, 0.25) is 0 Å². The predicted octanol–water partition coefficient (Wildman–Crippen LogP) is 19.4. The summed E-state index contributed by atoms with van der Waals surface area (Å²) in [5.41, 5.74) is 0. The summed E-state index contributed by atoms with van der Waals surface area (Å²) in [5, 5.41) is 2.97. The molecular formula is C71H117N2O7P. The van der Waals surface area contributed by atoms with E-state index in [4.69, 9.17) is 13.8 Å². The van der Waals surface area contributed by atoms with Gasteiger partial charge in [0.1, 0.15) is 19.3 Å². The maximum atomic E-state index is 13.5. The molecule has 1 N–H and O–H groups in total. The quantitative estimate of drug-likeness (QED) is 0.0212. The number of rotatable bonds is 55. The van der Waals surface area contributed by atoms with Crippen molar-refractivity contribution in [2.24, 2.45) is 0 Å². The molecule has 0 bridgehead atoms. The third-order valence-corrected chi connectivity index (χ3v) is 13.9. The van der Waals surface area contributed by atoms with Crippen molar-refractivity contribution in [2.75, 3.05) is 40.9 Å². The lowest BCUT2D eigenvalue weighted by molar-refractivity contribution is -0.870. The average molecular weight is 1140 g/mol. The minimum atomic E-state index is -4.74. The van der Waals surface area contributed by atoms with Crippen molar-refractivity contribution >= 4 is 19.7 Å². The van der Waals surface area contributed by atoms with Gasteiger partial charge in [-0.05, 0) is 122 Å². The molecule has 0 saturated heterocycles. The van der Waals surface area contributed by atoms with E-state index in [1.807, 2.05) is 39.4 Å². The smallest absolute Gasteiger partial charge is 0.306 e. The van der Waals surface area contributed by atoms with E-state index < -0.39 is 32.5 Å². The lowest BCUT2D eigenvalue weighted by Gasteiger charge is -2.30. The zero-order chi connectivity index (χ0) is 59.3. The highest BCUT2D eigenvalue weighted by molar-refractivity contribution is 7.45. The highest BCUT2D eigenvalue weighted by atomic mass is 31.2. The molecular weight excluding hydrogens is 1020 g/mol. The van der Waals surface area contributed by atoms with Gasteiger partial charge >= 0.3 is 5.97 Å². The molecule has 0 aliphatic carbocycles. The summed E-state index contributed by atoms with van der Waals surface area (Å²) in [6.07, 6.45) is 86.6. The maximum Gasteiger partial charge on any atom is 0.306 e. The van der Waals surface area contributed by atoms with Crippen molar-refractivity contribution in [3.8, 4) is 0 Å². The number of unbranched alkanes of at least 4 members (excludes halogenated alkanes) is 15. The topological polar surface area (TPSA) is 114 Å². The Balaban J connectivity index is 5.44. The fraction of sp³-hybridized carbons (Fsp3) is 0.606. The SMILES string of the molecule is CC/C=C\C/C=C\C/C=C\C/C=C\C/C=C\C/C=C\CCCCCCC(=O)OC(/C=C/CCCCCCCCCCCCC)C(COP(=O)([O-])OCC[N+](C)(C)C)NC(=O)CC/C=C\C/C=C\C/C=C\C/C=C\C/C=C\C/C=C\CC. The molecule has 0 fully saturated rings. The lowest BCUT2D eigenvalue weighted by atomic mass is 10.0. The minimum Gasteiger partial charge on any atom is -0.756 e. The first-order valence-corrected chi connectivity index (χ1v) is 33.3. The average Bonchev–Trinajstić information content (AvgIpc) is 3.44. The number of allylic oxidation sites excluding steroid dienone is 25. The van der Waals surface area contributed by atoms with Gasteiger partial charge in [0, 0.05) is 12.8 Å². The van der Waals surface area contributed by atoms with Gasteiger partial charge < -0.3 is 28.5 Å². The van der Waals surface area contributed by atoms with Crippen LogP contribution in [0.25, 0.3) is 0 Å². The molecule has 0 radical (unpaired) electrons. The number of nitrogens with one attached hydrogen (secondary N) is 1. The minimum absolute atomic E-state index is 0.0497. The second-order valence-electron chi connectivity index (χ2n) is 21.8. The van der Waals surface area contributed by atoms with Crippen LogP contribution in [0.3, 0.4) is 0 Å². The van der Waals surface area contributed by atoms with Crippen LogP contribution < -0.4 is 10.2 Å². The van der Waals surface area contributed by atoms with Gasteiger partial charge in [-0.3, -0.25) is 14.2 Å². The molecule has 0 spiro atoms. The molecule has 0 aromatic rings. The normalized spacial score (nSPS) is 14.7. The Morgan fingerprint density at radius 1 is 0.444 bits per heavy atom. The molecule has 0 aromatic carbocycles. The number of phosphoric acid groups is 1. The molecule has 0 aliphatic heterocycles. The largest absolute Gasteiger partial charge is 0.756 e. The standard InChI is InChI=1S/C71H117N2O7P/c1-7-10-13-16-19-22-25-28-30-32-34-35-36-37-39-41-43-46-49-52-55-58-61-64-71(75)80-69(62-59-56-53-50-47-44-27-24-21-18-15-12-9-3)68(67-79-81(76,77)78-66-65-73(4,5)6)72-70(74)63-60-57-54-51-48-45-42-40-38-33-31-29-26-23-20-17-14-11-8-2/h10-11,13-14,19-20,22-23,28-31,34-35,37-40,43,45-46,48,54,57,59,62,68-69H,7-9,12,15-18,21,24-27,32-33,36,41-42,44,47,49-53,55-56,58,60-61,63-67H2,1-6H3,(H-,72,74,76,77)/b13-10-,14-11-,22-19-,23-20-,30-28-,31-29-,35-34-,39-37-,40-38-,46-43-,48-45-,57-54-,62-59+. The van der Waals surface area contributed by atoms with Gasteiger partial charge in [0.15, 0.2) is 0 Å². The summed E-state index contributed by atoms with van der Waals surface area (Å²) in [6.45, 7) is 6.52. The van der Waals surface area contributed by atoms with E-state index in [1.54, 1.807) is 6.08 Å². The van der Waals surface area contributed by atoms with E-state index in [0.717, 1.165) is 122 Å². The van der Waals surface area contributed by atoms with Gasteiger partial charge in [0.2, 0.25) is 5.91 Å². The van der Waals surface area contributed by atoms with Gasteiger partial charge in [-0.1, -0.05) is 250 Å². The predicted molar refractivity (Wildman–Crippen MR) is 348 cm³/mol. The molecule has 0 saturated carbocycles. The van der Waals surface area contributed by atoms with Gasteiger partial charge in [0.05, 0.1) is 33.8 Å². The summed E-state index contributed by atoms with van der Waals surface area (Å²) in [5.74, 6) is -0.681. The second-order valence-corrected chi connectivity index (χ2v) is 23.2. The van der Waals surface area contributed by atoms with E-state index in [0.29, 0.717) is 23.9 Å². The Kier molecular flexibility index (Phi) is 55.6. The fourth-order valence-corrected chi connectivity index (χ4v) is 8.86. The number of quaternary nitrogens is 1. The number of ether oxygens (including phenoxy) is 1. The zero-order valence-corrected chi connectivity index (χ0v) is 53.1. The van der Waals surface area contributed by atoms with Gasteiger partial charge in [0.25, 0.3) is 7.82 Å². The Morgan fingerprint density at radius 3 is 1.21 bits per heavy atom. The van der Waals surface area contributed by atoms with Crippen molar-refractivity contribution < 1.29 is 37.3 Å². The third-order valence-electron chi connectivity index (χ3n) is 13.0. The van der Waals surface area contributed by atoms with E-state index in [1.165, 1.54) is 57.8 Å².